The number of H-pyrrole nitrogens is 2. The summed E-state index contributed by atoms with van der Waals surface area (Å²) in [6.07, 6.45) is 6.88. The van der Waals surface area contributed by atoms with Gasteiger partial charge in [0.15, 0.2) is 0 Å². The number of fused-ring (bicyclic) bond motifs is 2. The number of nitrogens with one attached hydrogen (secondary N) is 2. The summed E-state index contributed by atoms with van der Waals surface area (Å²) in [5.41, 5.74) is 4.75. The molecule has 0 saturated heterocycles. The van der Waals surface area contributed by atoms with Gasteiger partial charge in [0.2, 0.25) is 0 Å². The second-order valence-corrected chi connectivity index (χ2v) is 4.75. The summed E-state index contributed by atoms with van der Waals surface area (Å²) in [6, 6.07) is 12.5. The number of hydrogen-bond donors (Lipinski definition) is 2. The van der Waals surface area contributed by atoms with Crippen LogP contribution in [0.5, 0.6) is 0 Å². The van der Waals surface area contributed by atoms with E-state index in [1.807, 2.05) is 12.3 Å². The Morgan fingerprint density at radius 2 is 1.63 bits per heavy atom. The fourth-order valence-electron chi connectivity index (χ4n) is 2.64. The first-order chi connectivity index (χ1) is 9.42. The van der Waals surface area contributed by atoms with Gasteiger partial charge in [0.05, 0.1) is 0 Å². The first-order valence-electron chi connectivity index (χ1n) is 6.38. The van der Waals surface area contributed by atoms with Gasteiger partial charge in [0.1, 0.15) is 5.65 Å². The molecule has 0 aliphatic heterocycles. The van der Waals surface area contributed by atoms with Crippen LogP contribution in [0.4, 0.5) is 0 Å². The SMILES string of the molecule is c1ccc2c(Cc3c[nH]c4ncccc34)c[nH]c2c1. The number of hydrogen-bond acceptors (Lipinski definition) is 1. The Kier molecular flexibility index (Phi) is 2.18. The van der Waals surface area contributed by atoms with Gasteiger partial charge in [-0.25, -0.2) is 4.98 Å². The van der Waals surface area contributed by atoms with Crippen LogP contribution < -0.4 is 0 Å². The highest BCUT2D eigenvalue weighted by atomic mass is 14.8. The molecule has 2 N–H and O–H groups in total. The number of aromatic nitrogens is 3. The third kappa shape index (κ3) is 1.63. The predicted molar refractivity (Wildman–Crippen MR) is 77.2 cm³/mol. The predicted octanol–water partition coefficient (Wildman–Crippen LogP) is 3.64. The molecule has 0 spiro atoms. The normalized spacial score (nSPS) is 11.4. The molecule has 0 fully saturated rings. The zero-order valence-corrected chi connectivity index (χ0v) is 10.4. The molecule has 3 heteroatoms. The molecule has 3 aromatic heterocycles. The molecule has 0 unspecified atom stereocenters. The van der Waals surface area contributed by atoms with Crippen molar-refractivity contribution in [3.63, 3.8) is 0 Å². The first kappa shape index (κ1) is 10.4. The molecule has 0 saturated carbocycles. The lowest BCUT2D eigenvalue weighted by Gasteiger charge is -1.98. The summed E-state index contributed by atoms with van der Waals surface area (Å²) in [4.78, 5) is 10.9. The molecule has 4 rings (SSSR count). The summed E-state index contributed by atoms with van der Waals surface area (Å²) >= 11 is 0. The third-order valence-corrected chi connectivity index (χ3v) is 3.59. The molecule has 0 aliphatic rings. The first-order valence-corrected chi connectivity index (χ1v) is 6.38. The summed E-state index contributed by atoms with van der Waals surface area (Å²) < 4.78 is 0. The second kappa shape index (κ2) is 3.99. The van der Waals surface area contributed by atoms with E-state index in [0.29, 0.717) is 0 Å². The molecular formula is C16H13N3. The van der Waals surface area contributed by atoms with Gasteiger partial charge in [0.25, 0.3) is 0 Å². The van der Waals surface area contributed by atoms with Crippen LogP contribution >= 0.6 is 0 Å². The number of nitrogens with zero attached hydrogens (tertiary/aromatic N) is 1. The lowest BCUT2D eigenvalue weighted by atomic mass is 10.0. The summed E-state index contributed by atoms with van der Waals surface area (Å²) in [5.74, 6) is 0. The molecule has 4 aromatic rings. The van der Waals surface area contributed by atoms with Gasteiger partial charge in [0, 0.05) is 41.3 Å². The third-order valence-electron chi connectivity index (χ3n) is 3.59. The van der Waals surface area contributed by atoms with Crippen LogP contribution in [-0.2, 0) is 6.42 Å². The fourth-order valence-corrected chi connectivity index (χ4v) is 2.64. The molecule has 0 aliphatic carbocycles. The monoisotopic (exact) mass is 247 g/mol. The van der Waals surface area contributed by atoms with Gasteiger partial charge in [-0.2, -0.15) is 0 Å². The van der Waals surface area contributed by atoms with Crippen LogP contribution in [0.25, 0.3) is 21.9 Å². The van der Waals surface area contributed by atoms with Crippen LogP contribution in [0, 0.1) is 0 Å². The maximum absolute atomic E-state index is 4.33. The van der Waals surface area contributed by atoms with E-state index in [1.165, 1.54) is 27.4 Å². The standard InChI is InChI=1S/C16H13N3/c1-2-6-15-13(4-1)11(9-18-15)8-12-10-19-16-14(12)5-3-7-17-16/h1-7,9-10,18H,8H2,(H,17,19). The molecule has 92 valence electrons. The van der Waals surface area contributed by atoms with E-state index in [0.717, 1.165) is 12.1 Å². The van der Waals surface area contributed by atoms with Gasteiger partial charge in [-0.3, -0.25) is 0 Å². The Balaban J connectivity index is 1.82. The highest BCUT2D eigenvalue weighted by molar-refractivity contribution is 5.85. The number of pyridine rings is 1. The zero-order chi connectivity index (χ0) is 12.7. The molecule has 0 radical (unpaired) electrons. The van der Waals surface area contributed by atoms with E-state index in [9.17, 15) is 0 Å². The Labute approximate surface area is 110 Å². The van der Waals surface area contributed by atoms with Crippen molar-refractivity contribution in [1.29, 1.82) is 0 Å². The Bertz CT molecular complexity index is 782. The average Bonchev–Trinajstić information content (AvgIpc) is 3.05. The van der Waals surface area contributed by atoms with Crippen LogP contribution in [0.15, 0.2) is 55.0 Å². The van der Waals surface area contributed by atoms with Crippen LogP contribution in [-0.4, -0.2) is 15.0 Å². The highest BCUT2D eigenvalue weighted by Crippen LogP contribution is 2.24. The van der Waals surface area contributed by atoms with Crippen molar-refractivity contribution in [1.82, 2.24) is 15.0 Å². The van der Waals surface area contributed by atoms with Crippen molar-refractivity contribution in [2.45, 2.75) is 6.42 Å². The minimum absolute atomic E-state index is 0.912. The van der Waals surface area contributed by atoms with Gasteiger partial charge in [-0.1, -0.05) is 18.2 Å². The van der Waals surface area contributed by atoms with Crippen LogP contribution in [0.3, 0.4) is 0 Å². The quantitative estimate of drug-likeness (QED) is 0.558. The van der Waals surface area contributed by atoms with E-state index >= 15 is 0 Å². The second-order valence-electron chi connectivity index (χ2n) is 4.75. The van der Waals surface area contributed by atoms with Crippen LogP contribution in [0.1, 0.15) is 11.1 Å². The summed E-state index contributed by atoms with van der Waals surface area (Å²) in [6.45, 7) is 0. The zero-order valence-electron chi connectivity index (χ0n) is 10.4. The van der Waals surface area contributed by atoms with Crippen molar-refractivity contribution < 1.29 is 0 Å². The maximum atomic E-state index is 4.33. The molecular weight excluding hydrogens is 234 g/mol. The smallest absolute Gasteiger partial charge is 0.137 e. The van der Waals surface area contributed by atoms with E-state index < -0.39 is 0 Å². The molecule has 1 aromatic carbocycles. The van der Waals surface area contributed by atoms with E-state index in [-0.39, 0.29) is 0 Å². The van der Waals surface area contributed by atoms with Crippen molar-refractivity contribution in [2.24, 2.45) is 0 Å². The van der Waals surface area contributed by atoms with Gasteiger partial charge >= 0.3 is 0 Å². The molecule has 3 nitrogen and oxygen atoms in total. The van der Waals surface area contributed by atoms with Crippen molar-refractivity contribution in [2.75, 3.05) is 0 Å². The van der Waals surface area contributed by atoms with E-state index in [1.54, 1.807) is 0 Å². The van der Waals surface area contributed by atoms with Crippen molar-refractivity contribution in [3.8, 4) is 0 Å². The summed E-state index contributed by atoms with van der Waals surface area (Å²) in [5, 5.41) is 2.49. The topological polar surface area (TPSA) is 44.5 Å². The maximum Gasteiger partial charge on any atom is 0.137 e. The number of benzene rings is 1. The Morgan fingerprint density at radius 1 is 0.842 bits per heavy atom. The average molecular weight is 247 g/mol. The lowest BCUT2D eigenvalue weighted by molar-refractivity contribution is 1.22. The molecule has 0 atom stereocenters. The largest absolute Gasteiger partial charge is 0.361 e. The number of para-hydroxylation sites is 1. The minimum atomic E-state index is 0.912. The molecule has 0 bridgehead atoms. The Morgan fingerprint density at radius 3 is 2.63 bits per heavy atom. The molecule has 19 heavy (non-hydrogen) atoms. The van der Waals surface area contributed by atoms with Gasteiger partial charge < -0.3 is 9.97 Å². The number of rotatable bonds is 2. The highest BCUT2D eigenvalue weighted by Gasteiger charge is 2.08. The minimum Gasteiger partial charge on any atom is -0.361 e. The van der Waals surface area contributed by atoms with Gasteiger partial charge in [-0.05, 0) is 29.3 Å². The lowest BCUT2D eigenvalue weighted by Crippen LogP contribution is -1.85. The molecule has 3 heterocycles. The van der Waals surface area contributed by atoms with Crippen LogP contribution in [0.2, 0.25) is 0 Å². The van der Waals surface area contributed by atoms with E-state index in [2.05, 4.69) is 57.7 Å². The fraction of sp³-hybridized carbons (Fsp3) is 0.0625. The van der Waals surface area contributed by atoms with E-state index in [4.69, 9.17) is 0 Å². The van der Waals surface area contributed by atoms with Gasteiger partial charge in [-0.15, -0.1) is 0 Å². The van der Waals surface area contributed by atoms with Crippen molar-refractivity contribution in [3.05, 3.63) is 66.1 Å². The number of aromatic amines is 2. The van der Waals surface area contributed by atoms with Crippen molar-refractivity contribution >= 4 is 21.9 Å². The summed E-state index contributed by atoms with van der Waals surface area (Å²) in [7, 11) is 0. The molecule has 0 amide bonds. The Hall–Kier alpha value is -2.55.